The number of tetrazole rings is 1. The quantitative estimate of drug-likeness (QED) is 0.265. The van der Waals surface area contributed by atoms with Gasteiger partial charge in [-0.1, -0.05) is 5.10 Å². The lowest BCUT2D eigenvalue weighted by atomic mass is 10.0. The van der Waals surface area contributed by atoms with Crippen molar-refractivity contribution in [1.29, 1.82) is 0 Å². The van der Waals surface area contributed by atoms with Gasteiger partial charge in [0.2, 0.25) is 0 Å². The van der Waals surface area contributed by atoms with E-state index in [1.165, 1.54) is 16.7 Å². The van der Waals surface area contributed by atoms with Crippen molar-refractivity contribution in [3.63, 3.8) is 0 Å². The minimum absolute atomic E-state index is 0.0518. The van der Waals surface area contributed by atoms with Gasteiger partial charge < -0.3 is 14.4 Å². The van der Waals surface area contributed by atoms with E-state index in [2.05, 4.69) is 20.0 Å². The smallest absolute Gasteiger partial charge is 0.360 e. The van der Waals surface area contributed by atoms with Crippen LogP contribution in [0.2, 0.25) is 0 Å². The van der Waals surface area contributed by atoms with E-state index in [1.807, 2.05) is 44.9 Å². The second kappa shape index (κ2) is 10.4. The fourth-order valence-corrected chi connectivity index (χ4v) is 4.48. The monoisotopic (exact) mass is 554 g/mol. The summed E-state index contributed by atoms with van der Waals surface area (Å²) >= 11 is 0. The minimum atomic E-state index is -4.96. The average molecular weight is 555 g/mol. The number of aromatic nitrogens is 6. The molecular formula is C25H28F6N8. The van der Waals surface area contributed by atoms with Crippen LogP contribution in [0.4, 0.5) is 38.1 Å². The summed E-state index contributed by atoms with van der Waals surface area (Å²) in [6, 6.07) is 5.45. The van der Waals surface area contributed by atoms with Gasteiger partial charge in [0, 0.05) is 49.9 Å². The summed E-state index contributed by atoms with van der Waals surface area (Å²) in [5.74, 6) is 0.683. The highest BCUT2D eigenvalue weighted by Gasteiger charge is 2.37. The molecule has 0 saturated carbocycles. The zero-order valence-electron chi connectivity index (χ0n) is 22.1. The molecule has 39 heavy (non-hydrogen) atoms. The summed E-state index contributed by atoms with van der Waals surface area (Å²) in [5.41, 5.74) is -0.465. The topological polar surface area (TPSA) is 67.9 Å². The second-order valence-electron chi connectivity index (χ2n) is 9.28. The number of aryl methyl sites for hydroxylation is 3. The summed E-state index contributed by atoms with van der Waals surface area (Å²) in [6.45, 7) is 6.98. The standard InChI is InChI=1S/C25H28F6N8/c1-6-36(4)21-18(11-17-8-15(3)39(7-2)22(17)32-21)14-38(23-33-35-37(5)34-23)13-16-9-19(24(26,27)28)12-20(10-16)25(29,30)31/h8-12H,6-7,13-14H2,1-5H3. The van der Waals surface area contributed by atoms with Crippen molar-refractivity contribution in [2.24, 2.45) is 7.05 Å². The summed E-state index contributed by atoms with van der Waals surface area (Å²) in [7, 11) is 3.37. The van der Waals surface area contributed by atoms with Crippen LogP contribution in [0, 0.1) is 6.92 Å². The summed E-state index contributed by atoms with van der Waals surface area (Å²) in [4.78, 5) is 9.47. The Hall–Kier alpha value is -3.84. The predicted molar refractivity (Wildman–Crippen MR) is 134 cm³/mol. The first kappa shape index (κ1) is 28.2. The molecule has 1 aromatic carbocycles. The molecule has 0 aliphatic heterocycles. The summed E-state index contributed by atoms with van der Waals surface area (Å²) in [6.07, 6.45) is -9.91. The molecule has 0 atom stereocenters. The zero-order chi connectivity index (χ0) is 28.7. The van der Waals surface area contributed by atoms with E-state index in [0.29, 0.717) is 36.6 Å². The van der Waals surface area contributed by atoms with Crippen molar-refractivity contribution >= 4 is 22.8 Å². The van der Waals surface area contributed by atoms with Crippen LogP contribution in [0.25, 0.3) is 11.0 Å². The number of rotatable bonds is 8. The Morgan fingerprint density at radius 3 is 2.05 bits per heavy atom. The first-order valence-electron chi connectivity index (χ1n) is 12.2. The highest BCUT2D eigenvalue weighted by molar-refractivity contribution is 5.81. The Bertz CT molecular complexity index is 1440. The maximum absolute atomic E-state index is 13.5. The van der Waals surface area contributed by atoms with Gasteiger partial charge in [0.15, 0.2) is 0 Å². The second-order valence-corrected chi connectivity index (χ2v) is 9.28. The van der Waals surface area contributed by atoms with E-state index in [4.69, 9.17) is 4.98 Å². The van der Waals surface area contributed by atoms with Crippen molar-refractivity contribution < 1.29 is 26.3 Å². The third-order valence-corrected chi connectivity index (χ3v) is 6.45. The maximum atomic E-state index is 13.5. The van der Waals surface area contributed by atoms with E-state index in [-0.39, 0.29) is 30.7 Å². The predicted octanol–water partition coefficient (Wildman–Crippen LogP) is 5.59. The van der Waals surface area contributed by atoms with Crippen LogP contribution in [-0.2, 0) is 39.0 Å². The number of fused-ring (bicyclic) bond motifs is 1. The lowest BCUT2D eigenvalue weighted by molar-refractivity contribution is -0.143. The number of nitrogens with zero attached hydrogens (tertiary/aromatic N) is 8. The van der Waals surface area contributed by atoms with Gasteiger partial charge in [0.1, 0.15) is 11.5 Å². The minimum Gasteiger partial charge on any atom is -0.360 e. The molecule has 210 valence electrons. The highest BCUT2D eigenvalue weighted by Crippen LogP contribution is 2.37. The van der Waals surface area contributed by atoms with Gasteiger partial charge in [0.05, 0.1) is 18.2 Å². The molecule has 0 radical (unpaired) electrons. The normalized spacial score (nSPS) is 12.4. The molecule has 3 aromatic heterocycles. The lowest BCUT2D eigenvalue weighted by Crippen LogP contribution is -2.27. The molecule has 0 bridgehead atoms. The average Bonchev–Trinajstić information content (AvgIpc) is 3.42. The number of hydrogen-bond donors (Lipinski definition) is 0. The summed E-state index contributed by atoms with van der Waals surface area (Å²) in [5, 5.41) is 12.8. The molecule has 0 amide bonds. The number of halogens is 6. The van der Waals surface area contributed by atoms with Gasteiger partial charge in [-0.15, -0.1) is 5.10 Å². The van der Waals surface area contributed by atoms with E-state index >= 15 is 0 Å². The molecule has 14 heteroatoms. The van der Waals surface area contributed by atoms with Crippen molar-refractivity contribution in [2.45, 2.75) is 52.8 Å². The zero-order valence-corrected chi connectivity index (χ0v) is 22.1. The third-order valence-electron chi connectivity index (χ3n) is 6.45. The van der Waals surface area contributed by atoms with E-state index < -0.39 is 23.5 Å². The van der Waals surface area contributed by atoms with Crippen molar-refractivity contribution in [2.75, 3.05) is 23.4 Å². The van der Waals surface area contributed by atoms with Crippen molar-refractivity contribution in [3.8, 4) is 0 Å². The fourth-order valence-electron chi connectivity index (χ4n) is 4.48. The molecule has 8 nitrogen and oxygen atoms in total. The molecule has 4 aromatic rings. The van der Waals surface area contributed by atoms with Crippen LogP contribution < -0.4 is 9.80 Å². The molecule has 0 fully saturated rings. The van der Waals surface area contributed by atoms with Crippen molar-refractivity contribution in [3.05, 3.63) is 58.3 Å². The van der Waals surface area contributed by atoms with Gasteiger partial charge in [-0.05, 0) is 61.9 Å². The largest absolute Gasteiger partial charge is 0.416 e. The summed E-state index contributed by atoms with van der Waals surface area (Å²) < 4.78 is 83.1. The maximum Gasteiger partial charge on any atom is 0.416 e. The molecule has 3 heterocycles. The lowest BCUT2D eigenvalue weighted by Gasteiger charge is -2.26. The number of hydrogen-bond acceptors (Lipinski definition) is 6. The van der Waals surface area contributed by atoms with E-state index in [1.54, 1.807) is 0 Å². The van der Waals surface area contributed by atoms with Gasteiger partial charge in [0.25, 0.3) is 5.95 Å². The number of pyridine rings is 1. The molecule has 0 N–H and O–H groups in total. The Labute approximate surface area is 220 Å². The van der Waals surface area contributed by atoms with Crippen LogP contribution in [0.3, 0.4) is 0 Å². The van der Waals surface area contributed by atoms with Crippen LogP contribution in [0.15, 0.2) is 30.3 Å². The molecule has 0 spiro atoms. The Morgan fingerprint density at radius 2 is 1.54 bits per heavy atom. The number of alkyl halides is 6. The van der Waals surface area contributed by atoms with Crippen LogP contribution in [0.1, 0.15) is 41.8 Å². The number of benzene rings is 1. The molecule has 0 saturated heterocycles. The Morgan fingerprint density at radius 1 is 0.897 bits per heavy atom. The van der Waals surface area contributed by atoms with Crippen LogP contribution in [0.5, 0.6) is 0 Å². The first-order valence-corrected chi connectivity index (χ1v) is 12.2. The van der Waals surface area contributed by atoms with Gasteiger partial charge >= 0.3 is 12.4 Å². The highest BCUT2D eigenvalue weighted by atomic mass is 19.4. The molecule has 0 aliphatic rings. The number of anilines is 2. The van der Waals surface area contributed by atoms with E-state index in [0.717, 1.165) is 16.7 Å². The van der Waals surface area contributed by atoms with Gasteiger partial charge in [-0.3, -0.25) is 0 Å². The van der Waals surface area contributed by atoms with Gasteiger partial charge in [-0.25, -0.2) is 4.98 Å². The third kappa shape index (κ3) is 5.93. The SMILES string of the molecule is CCN(C)c1nc2c(cc1CN(Cc1cc(C(F)(F)F)cc(C(F)(F)F)c1)c1nnn(C)n1)cc(C)n2CC. The van der Waals surface area contributed by atoms with E-state index in [9.17, 15) is 26.3 Å². The van der Waals surface area contributed by atoms with Crippen LogP contribution in [-0.4, -0.2) is 43.4 Å². The Balaban J connectivity index is 1.83. The van der Waals surface area contributed by atoms with Gasteiger partial charge in [-0.2, -0.15) is 31.1 Å². The fraction of sp³-hybridized carbons (Fsp3) is 0.440. The molecule has 0 unspecified atom stereocenters. The molecule has 4 rings (SSSR count). The molecule has 0 aliphatic carbocycles. The Kier molecular flexibility index (Phi) is 7.50. The molecular weight excluding hydrogens is 526 g/mol. The van der Waals surface area contributed by atoms with Crippen LogP contribution >= 0.6 is 0 Å². The van der Waals surface area contributed by atoms with Crippen molar-refractivity contribution in [1.82, 2.24) is 29.8 Å². The first-order chi connectivity index (χ1) is 18.2.